The molecule has 0 spiro atoms. The summed E-state index contributed by atoms with van der Waals surface area (Å²) in [6.07, 6.45) is 0.459. The highest BCUT2D eigenvalue weighted by Gasteiger charge is 2.07. The van der Waals surface area contributed by atoms with Crippen LogP contribution in [0.5, 0.6) is 0 Å². The Morgan fingerprint density at radius 3 is 2.57 bits per heavy atom. The number of aromatic amines is 1. The fraction of sp³-hybridized carbons (Fsp3) is 0.278. The number of benzene rings is 2. The van der Waals surface area contributed by atoms with Crippen molar-refractivity contribution in [3.05, 3.63) is 48.5 Å². The van der Waals surface area contributed by atoms with Gasteiger partial charge in [0.2, 0.25) is 5.95 Å². The third kappa shape index (κ3) is 5.59. The molecular weight excluding hydrogens is 382 g/mol. The summed E-state index contributed by atoms with van der Waals surface area (Å²) in [6.45, 7) is 3.26. The normalized spacial score (nSPS) is 12.1. The average molecular weight is 403 g/mol. The molecule has 10 heteroatoms. The summed E-state index contributed by atoms with van der Waals surface area (Å²) in [4.78, 5) is 9.50. The summed E-state index contributed by atoms with van der Waals surface area (Å²) in [5.41, 5.74) is 3.40. The first-order valence-electron chi connectivity index (χ1n) is 8.78. The Kier molecular flexibility index (Phi) is 6.34. The van der Waals surface area contributed by atoms with Crippen LogP contribution in [0.3, 0.4) is 0 Å². The fourth-order valence-electron chi connectivity index (χ4n) is 2.71. The summed E-state index contributed by atoms with van der Waals surface area (Å²) < 4.78 is 34.0. The van der Waals surface area contributed by atoms with Crippen molar-refractivity contribution in [3.8, 4) is 0 Å². The Labute approximate surface area is 163 Å². The number of nitrogens with zero attached hydrogens (tertiary/aromatic N) is 4. The first-order valence-corrected chi connectivity index (χ1v) is 10.1. The third-order valence-electron chi connectivity index (χ3n) is 4.04. The van der Waals surface area contributed by atoms with Gasteiger partial charge in [-0.25, -0.2) is 9.17 Å². The van der Waals surface area contributed by atoms with Crippen LogP contribution in [-0.2, 0) is 14.6 Å². The zero-order chi connectivity index (χ0) is 20.0. The second kappa shape index (κ2) is 8.91. The van der Waals surface area contributed by atoms with Gasteiger partial charge in [0.15, 0.2) is 0 Å². The number of para-hydroxylation sites is 2. The highest BCUT2D eigenvalue weighted by atomic mass is 32.3. The average Bonchev–Trinajstić information content (AvgIpc) is 3.09. The number of rotatable bonds is 9. The minimum Gasteiger partial charge on any atom is -0.372 e. The van der Waals surface area contributed by atoms with Gasteiger partial charge in [-0.05, 0) is 49.7 Å². The number of imidazole rings is 1. The van der Waals surface area contributed by atoms with Crippen molar-refractivity contribution in [2.45, 2.75) is 13.3 Å². The number of nitrogens with one attached hydrogen (secondary N) is 1. The minimum absolute atomic E-state index is 0.0703. The molecule has 3 rings (SSSR count). The van der Waals surface area contributed by atoms with E-state index in [0.29, 0.717) is 24.6 Å². The van der Waals surface area contributed by atoms with Crippen LogP contribution in [0.25, 0.3) is 11.0 Å². The Hall–Kier alpha value is -2.82. The van der Waals surface area contributed by atoms with Crippen LogP contribution in [-0.4, -0.2) is 42.6 Å². The van der Waals surface area contributed by atoms with Crippen molar-refractivity contribution in [1.29, 1.82) is 0 Å². The lowest BCUT2D eigenvalue weighted by atomic mass is 10.2. The molecular formula is C18H21N5O4S. The molecule has 0 aliphatic heterocycles. The van der Waals surface area contributed by atoms with Crippen molar-refractivity contribution in [2.24, 2.45) is 10.2 Å². The number of fused-ring (bicyclic) bond motifs is 1. The number of anilines is 1. The Morgan fingerprint density at radius 2 is 1.89 bits per heavy atom. The molecule has 2 N–H and O–H groups in total. The SMILES string of the molecule is CCN(CCCOS(=O)(=O)O)c1ccc(/N=N/c2nc3ccccc3[nH]2)cc1. The molecule has 0 aliphatic carbocycles. The standard InChI is InChI=1S/C18H21N5O4S/c1-2-23(12-5-13-27-28(24,25)26)15-10-8-14(9-11-15)21-22-18-19-16-6-3-4-7-17(16)20-18/h3-4,6-11H,2,5,12-13H2,1H3,(H,19,20)(H,24,25,26)/b22-21+. The first-order chi connectivity index (χ1) is 13.4. The molecule has 0 saturated carbocycles. The zero-order valence-corrected chi connectivity index (χ0v) is 16.1. The summed E-state index contributed by atoms with van der Waals surface area (Å²) >= 11 is 0. The molecule has 2 aromatic carbocycles. The van der Waals surface area contributed by atoms with E-state index in [0.717, 1.165) is 23.3 Å². The summed E-state index contributed by atoms with van der Waals surface area (Å²) in [7, 11) is -4.39. The maximum Gasteiger partial charge on any atom is 0.397 e. The number of H-pyrrole nitrogens is 1. The number of azo groups is 1. The van der Waals surface area contributed by atoms with Crippen LogP contribution >= 0.6 is 0 Å². The van der Waals surface area contributed by atoms with Gasteiger partial charge in [0.1, 0.15) is 0 Å². The summed E-state index contributed by atoms with van der Waals surface area (Å²) in [6, 6.07) is 15.2. The van der Waals surface area contributed by atoms with Gasteiger partial charge in [-0.3, -0.25) is 4.55 Å². The van der Waals surface area contributed by atoms with Crippen LogP contribution in [0.15, 0.2) is 58.8 Å². The molecule has 0 amide bonds. The molecule has 0 aliphatic rings. The molecule has 28 heavy (non-hydrogen) atoms. The monoisotopic (exact) mass is 403 g/mol. The fourth-order valence-corrected chi connectivity index (χ4v) is 3.04. The number of hydrogen-bond donors (Lipinski definition) is 2. The van der Waals surface area contributed by atoms with Gasteiger partial charge in [-0.2, -0.15) is 8.42 Å². The molecule has 0 fully saturated rings. The zero-order valence-electron chi connectivity index (χ0n) is 15.3. The molecule has 0 bridgehead atoms. The maximum atomic E-state index is 10.6. The molecule has 1 heterocycles. The van der Waals surface area contributed by atoms with E-state index >= 15 is 0 Å². The molecule has 0 saturated heterocycles. The Morgan fingerprint density at radius 1 is 1.14 bits per heavy atom. The Balaban J connectivity index is 1.59. The van der Waals surface area contributed by atoms with E-state index in [4.69, 9.17) is 4.55 Å². The van der Waals surface area contributed by atoms with Gasteiger partial charge in [-0.15, -0.1) is 10.2 Å². The van der Waals surface area contributed by atoms with E-state index in [1.54, 1.807) is 0 Å². The molecule has 9 nitrogen and oxygen atoms in total. The predicted molar refractivity (Wildman–Crippen MR) is 107 cm³/mol. The summed E-state index contributed by atoms with van der Waals surface area (Å²) in [5.74, 6) is 0.444. The van der Waals surface area contributed by atoms with Crippen LogP contribution in [0.2, 0.25) is 0 Å². The second-order valence-electron chi connectivity index (χ2n) is 5.98. The van der Waals surface area contributed by atoms with E-state index in [-0.39, 0.29) is 6.61 Å². The van der Waals surface area contributed by atoms with Crippen molar-refractivity contribution in [3.63, 3.8) is 0 Å². The second-order valence-corrected chi connectivity index (χ2v) is 7.07. The lowest BCUT2D eigenvalue weighted by Crippen LogP contribution is -2.25. The van der Waals surface area contributed by atoms with Crippen LogP contribution in [0, 0.1) is 0 Å². The number of hydrogen-bond acceptors (Lipinski definition) is 7. The maximum absolute atomic E-state index is 10.6. The van der Waals surface area contributed by atoms with Gasteiger partial charge < -0.3 is 9.88 Å². The van der Waals surface area contributed by atoms with Gasteiger partial charge in [0.25, 0.3) is 0 Å². The van der Waals surface area contributed by atoms with Gasteiger partial charge >= 0.3 is 10.4 Å². The van der Waals surface area contributed by atoms with E-state index in [2.05, 4.69) is 29.3 Å². The lowest BCUT2D eigenvalue weighted by molar-refractivity contribution is 0.266. The van der Waals surface area contributed by atoms with Gasteiger partial charge in [-0.1, -0.05) is 12.1 Å². The molecule has 3 aromatic rings. The highest BCUT2D eigenvalue weighted by Crippen LogP contribution is 2.22. The molecule has 148 valence electrons. The van der Waals surface area contributed by atoms with E-state index < -0.39 is 10.4 Å². The lowest BCUT2D eigenvalue weighted by Gasteiger charge is -2.22. The van der Waals surface area contributed by atoms with Crippen molar-refractivity contribution < 1.29 is 17.2 Å². The number of aromatic nitrogens is 2. The molecule has 1 aromatic heterocycles. The summed E-state index contributed by atoms with van der Waals surface area (Å²) in [5, 5.41) is 8.34. The Bertz CT molecular complexity index is 1010. The van der Waals surface area contributed by atoms with Gasteiger partial charge in [0, 0.05) is 18.8 Å². The third-order valence-corrected chi connectivity index (χ3v) is 4.50. The van der Waals surface area contributed by atoms with Gasteiger partial charge in [0.05, 0.1) is 23.3 Å². The molecule has 0 atom stereocenters. The minimum atomic E-state index is -4.39. The largest absolute Gasteiger partial charge is 0.397 e. The van der Waals surface area contributed by atoms with Crippen molar-refractivity contribution >= 4 is 38.8 Å². The predicted octanol–water partition coefficient (Wildman–Crippen LogP) is 4.01. The van der Waals surface area contributed by atoms with Crippen molar-refractivity contribution in [1.82, 2.24) is 9.97 Å². The van der Waals surface area contributed by atoms with E-state index in [1.807, 2.05) is 55.5 Å². The van der Waals surface area contributed by atoms with Crippen molar-refractivity contribution in [2.75, 3.05) is 24.6 Å². The molecule has 0 unspecified atom stereocenters. The van der Waals surface area contributed by atoms with E-state index in [1.165, 1.54) is 0 Å². The highest BCUT2D eigenvalue weighted by molar-refractivity contribution is 7.80. The van der Waals surface area contributed by atoms with Crippen LogP contribution in [0.4, 0.5) is 17.3 Å². The quantitative estimate of drug-likeness (QED) is 0.316. The smallest absolute Gasteiger partial charge is 0.372 e. The van der Waals surface area contributed by atoms with E-state index in [9.17, 15) is 8.42 Å². The van der Waals surface area contributed by atoms with Crippen LogP contribution < -0.4 is 4.90 Å². The topological polar surface area (TPSA) is 120 Å². The first kappa shape index (κ1) is 19.9. The molecule has 0 radical (unpaired) electrons. The van der Waals surface area contributed by atoms with Crippen LogP contribution in [0.1, 0.15) is 13.3 Å².